The maximum atomic E-state index is 12.9. The van der Waals surface area contributed by atoms with Crippen LogP contribution >= 0.6 is 0 Å². The minimum Gasteiger partial charge on any atom is -0.453 e. The summed E-state index contributed by atoms with van der Waals surface area (Å²) in [5.41, 5.74) is 2.64. The number of amides is 1. The molecule has 0 unspecified atom stereocenters. The Hall–Kier alpha value is -3.80. The molecular formula is C24H20FNO4. The molecule has 3 aromatic rings. The molecule has 0 aliphatic heterocycles. The Bertz CT molecular complexity index is 1030. The van der Waals surface area contributed by atoms with Crippen molar-refractivity contribution in [2.45, 2.75) is 13.0 Å². The van der Waals surface area contributed by atoms with Gasteiger partial charge >= 0.3 is 5.97 Å². The molecule has 0 aromatic heterocycles. The molecule has 1 atom stereocenters. The summed E-state index contributed by atoms with van der Waals surface area (Å²) < 4.78 is 18.0. The number of ether oxygens (including phenoxy) is 1. The highest BCUT2D eigenvalue weighted by molar-refractivity contribution is 6.00. The van der Waals surface area contributed by atoms with Crippen molar-refractivity contribution < 1.29 is 23.5 Å². The van der Waals surface area contributed by atoms with Crippen LogP contribution in [0, 0.1) is 5.82 Å². The molecule has 0 radical (unpaired) electrons. The number of hydrogen-bond acceptors (Lipinski definition) is 4. The second-order valence-corrected chi connectivity index (χ2v) is 6.63. The second kappa shape index (κ2) is 9.60. The molecule has 152 valence electrons. The fourth-order valence-corrected chi connectivity index (χ4v) is 2.84. The van der Waals surface area contributed by atoms with Gasteiger partial charge in [0.25, 0.3) is 5.91 Å². The first-order chi connectivity index (χ1) is 14.4. The van der Waals surface area contributed by atoms with Crippen LogP contribution in [0.1, 0.15) is 27.6 Å². The van der Waals surface area contributed by atoms with E-state index in [1.54, 1.807) is 12.1 Å². The predicted octanol–water partition coefficient (Wildman–Crippen LogP) is 4.04. The molecule has 0 aliphatic rings. The third kappa shape index (κ3) is 5.38. The number of esters is 1. The molecule has 0 saturated carbocycles. The van der Waals surface area contributed by atoms with E-state index in [2.05, 4.69) is 5.32 Å². The largest absolute Gasteiger partial charge is 0.453 e. The molecule has 5 nitrogen and oxygen atoms in total. The van der Waals surface area contributed by atoms with Crippen LogP contribution in [0.4, 0.5) is 4.39 Å². The van der Waals surface area contributed by atoms with E-state index in [0.717, 1.165) is 23.3 Å². The van der Waals surface area contributed by atoms with Gasteiger partial charge in [-0.05, 0) is 54.4 Å². The van der Waals surface area contributed by atoms with Crippen molar-refractivity contribution in [2.24, 2.45) is 0 Å². The van der Waals surface area contributed by atoms with Gasteiger partial charge in [-0.1, -0.05) is 42.5 Å². The van der Waals surface area contributed by atoms with Crippen molar-refractivity contribution in [3.63, 3.8) is 0 Å². The number of nitrogens with one attached hydrogen (secondary N) is 1. The van der Waals surface area contributed by atoms with Gasteiger partial charge in [0.1, 0.15) is 12.4 Å². The van der Waals surface area contributed by atoms with E-state index in [4.69, 9.17) is 4.74 Å². The first-order valence-electron chi connectivity index (χ1n) is 9.37. The Morgan fingerprint density at radius 2 is 1.40 bits per heavy atom. The molecule has 0 bridgehead atoms. The molecule has 0 spiro atoms. The molecule has 0 fully saturated rings. The Balaban J connectivity index is 1.51. The summed E-state index contributed by atoms with van der Waals surface area (Å²) >= 11 is 0. The second-order valence-electron chi connectivity index (χ2n) is 6.63. The van der Waals surface area contributed by atoms with Gasteiger partial charge in [-0.3, -0.25) is 14.4 Å². The summed E-state index contributed by atoms with van der Waals surface area (Å²) in [4.78, 5) is 36.4. The van der Waals surface area contributed by atoms with Gasteiger partial charge in [-0.2, -0.15) is 0 Å². The van der Waals surface area contributed by atoms with E-state index >= 15 is 0 Å². The minimum absolute atomic E-state index is 0.235. The summed E-state index contributed by atoms with van der Waals surface area (Å²) in [5.74, 6) is -2.09. The normalized spacial score (nSPS) is 11.4. The zero-order chi connectivity index (χ0) is 21.5. The van der Waals surface area contributed by atoms with Crippen LogP contribution in [0.2, 0.25) is 0 Å². The lowest BCUT2D eigenvalue weighted by Gasteiger charge is -2.13. The zero-order valence-electron chi connectivity index (χ0n) is 16.3. The number of rotatable bonds is 7. The standard InChI is InChI=1S/C24H20FNO4/c1-16(23(28)19-11-13-21(25)14-12-19)30-22(27)15-26-24(29)20-9-7-18(8-10-20)17-5-3-2-4-6-17/h2-14,16H,15H2,1H3,(H,26,29)/t16-/m0/s1. The van der Waals surface area contributed by atoms with Crippen LogP contribution in [0.25, 0.3) is 11.1 Å². The third-order valence-corrected chi connectivity index (χ3v) is 4.45. The summed E-state index contributed by atoms with van der Waals surface area (Å²) in [6, 6.07) is 21.7. The van der Waals surface area contributed by atoms with Crippen LogP contribution in [0.3, 0.4) is 0 Å². The zero-order valence-corrected chi connectivity index (χ0v) is 16.3. The highest BCUT2D eigenvalue weighted by Crippen LogP contribution is 2.19. The maximum Gasteiger partial charge on any atom is 0.326 e. The quantitative estimate of drug-likeness (QED) is 0.476. The lowest BCUT2D eigenvalue weighted by molar-refractivity contribution is -0.145. The molecule has 3 rings (SSSR count). The lowest BCUT2D eigenvalue weighted by Crippen LogP contribution is -2.34. The van der Waals surface area contributed by atoms with Gasteiger partial charge in [0.2, 0.25) is 5.78 Å². The van der Waals surface area contributed by atoms with E-state index < -0.39 is 29.6 Å². The number of ketones is 1. The van der Waals surface area contributed by atoms with Gasteiger partial charge in [-0.15, -0.1) is 0 Å². The maximum absolute atomic E-state index is 12.9. The van der Waals surface area contributed by atoms with E-state index in [1.165, 1.54) is 19.1 Å². The van der Waals surface area contributed by atoms with Gasteiger partial charge in [-0.25, -0.2) is 4.39 Å². The van der Waals surface area contributed by atoms with E-state index in [9.17, 15) is 18.8 Å². The van der Waals surface area contributed by atoms with Crippen molar-refractivity contribution in [1.82, 2.24) is 5.32 Å². The first kappa shape index (κ1) is 20.9. The predicted molar refractivity (Wildman–Crippen MR) is 110 cm³/mol. The molecule has 0 saturated heterocycles. The molecule has 0 heterocycles. The monoisotopic (exact) mass is 405 g/mol. The summed E-state index contributed by atoms with van der Waals surface area (Å²) in [5, 5.41) is 2.48. The van der Waals surface area contributed by atoms with Gasteiger partial charge in [0.15, 0.2) is 6.10 Å². The molecule has 1 N–H and O–H groups in total. The Labute approximate surface area is 173 Å². The number of halogens is 1. The van der Waals surface area contributed by atoms with Gasteiger partial charge < -0.3 is 10.1 Å². The van der Waals surface area contributed by atoms with Crippen molar-refractivity contribution in [2.75, 3.05) is 6.54 Å². The molecule has 30 heavy (non-hydrogen) atoms. The molecule has 1 amide bonds. The highest BCUT2D eigenvalue weighted by Gasteiger charge is 2.20. The number of hydrogen-bond donors (Lipinski definition) is 1. The first-order valence-corrected chi connectivity index (χ1v) is 9.37. The molecular weight excluding hydrogens is 385 g/mol. The highest BCUT2D eigenvalue weighted by atomic mass is 19.1. The van der Waals surface area contributed by atoms with E-state index in [-0.39, 0.29) is 12.1 Å². The number of carbonyl (C=O) groups is 3. The van der Waals surface area contributed by atoms with Crippen LogP contribution in [0.15, 0.2) is 78.9 Å². The Morgan fingerprint density at radius 1 is 0.833 bits per heavy atom. The van der Waals surface area contributed by atoms with E-state index in [1.807, 2.05) is 42.5 Å². The van der Waals surface area contributed by atoms with Gasteiger partial charge in [0, 0.05) is 11.1 Å². The fourth-order valence-electron chi connectivity index (χ4n) is 2.84. The smallest absolute Gasteiger partial charge is 0.326 e. The molecule has 0 aliphatic carbocycles. The van der Waals surface area contributed by atoms with Crippen molar-refractivity contribution >= 4 is 17.7 Å². The van der Waals surface area contributed by atoms with Crippen LogP contribution in [-0.2, 0) is 9.53 Å². The van der Waals surface area contributed by atoms with Crippen LogP contribution in [0.5, 0.6) is 0 Å². The topological polar surface area (TPSA) is 72.5 Å². The number of benzene rings is 3. The fraction of sp³-hybridized carbons (Fsp3) is 0.125. The molecule has 3 aromatic carbocycles. The molecule has 6 heteroatoms. The summed E-state index contributed by atoms with van der Waals surface area (Å²) in [7, 11) is 0. The number of carbonyl (C=O) groups excluding carboxylic acids is 3. The Morgan fingerprint density at radius 3 is 2.03 bits per heavy atom. The lowest BCUT2D eigenvalue weighted by atomic mass is 10.0. The minimum atomic E-state index is -1.05. The van der Waals surface area contributed by atoms with Crippen LogP contribution in [-0.4, -0.2) is 30.3 Å². The SMILES string of the molecule is C[C@H](OC(=O)CNC(=O)c1ccc(-c2ccccc2)cc1)C(=O)c1ccc(F)cc1. The average Bonchev–Trinajstić information content (AvgIpc) is 2.78. The summed E-state index contributed by atoms with van der Waals surface area (Å²) in [6.45, 7) is 1.05. The van der Waals surface area contributed by atoms with Crippen molar-refractivity contribution in [1.29, 1.82) is 0 Å². The average molecular weight is 405 g/mol. The van der Waals surface area contributed by atoms with Gasteiger partial charge in [0.05, 0.1) is 0 Å². The van der Waals surface area contributed by atoms with Crippen LogP contribution < -0.4 is 5.32 Å². The Kier molecular flexibility index (Phi) is 6.70. The number of Topliss-reactive ketones (excluding diaryl/α,β-unsaturated/α-hetero) is 1. The summed E-state index contributed by atoms with van der Waals surface area (Å²) in [6.07, 6.45) is -1.05. The third-order valence-electron chi connectivity index (χ3n) is 4.45. The van der Waals surface area contributed by atoms with Crippen molar-refractivity contribution in [3.8, 4) is 11.1 Å². The van der Waals surface area contributed by atoms with E-state index in [0.29, 0.717) is 5.56 Å². The van der Waals surface area contributed by atoms with Crippen molar-refractivity contribution in [3.05, 3.63) is 95.8 Å².